The second-order valence-electron chi connectivity index (χ2n) is 4.31. The van der Waals surface area contributed by atoms with Crippen LogP contribution >= 0.6 is 0 Å². The maximum atomic E-state index is 11.1. The maximum Gasteiger partial charge on any atom is 0.267 e. The van der Waals surface area contributed by atoms with Crippen LogP contribution in [0.5, 0.6) is 5.75 Å². The van der Waals surface area contributed by atoms with Gasteiger partial charge in [0.15, 0.2) is 6.29 Å². The molecule has 0 aliphatic rings. The van der Waals surface area contributed by atoms with E-state index in [1.54, 1.807) is 12.1 Å². The van der Waals surface area contributed by atoms with E-state index in [1.807, 2.05) is 6.07 Å². The summed E-state index contributed by atoms with van der Waals surface area (Å²) >= 11 is 0. The van der Waals surface area contributed by atoms with Gasteiger partial charge in [0.1, 0.15) is 17.0 Å². The van der Waals surface area contributed by atoms with Gasteiger partial charge >= 0.3 is 0 Å². The second kappa shape index (κ2) is 5.85. The monoisotopic (exact) mass is 276 g/mol. The number of hydrogen-bond acceptors (Lipinski definition) is 5. The van der Waals surface area contributed by atoms with E-state index in [0.29, 0.717) is 17.5 Å². The number of carbonyl (C=O) groups is 1. The van der Waals surface area contributed by atoms with Crippen LogP contribution in [0.4, 0.5) is 0 Å². The fraction of sp³-hybridized carbons (Fsp3) is 0.286. The standard InChI is InChI=1S/C14H16N2O4/c1-19-11(20-2)7-9-4-3-8-5-6-10(14(15)18)16-12(8)13(9)17/h3-6,11,17H,7H2,1-2H3,(H2,15,18). The van der Waals surface area contributed by atoms with Gasteiger partial charge in [-0.1, -0.05) is 18.2 Å². The highest BCUT2D eigenvalue weighted by Gasteiger charge is 2.14. The number of benzene rings is 1. The molecule has 6 heteroatoms. The first-order valence-corrected chi connectivity index (χ1v) is 6.03. The van der Waals surface area contributed by atoms with E-state index in [9.17, 15) is 9.90 Å². The van der Waals surface area contributed by atoms with Crippen LogP contribution in [0, 0.1) is 0 Å². The van der Waals surface area contributed by atoms with Crippen molar-refractivity contribution >= 4 is 16.8 Å². The van der Waals surface area contributed by atoms with Crippen LogP contribution in [-0.4, -0.2) is 36.5 Å². The Labute approximate surface area is 116 Å². The predicted octanol–water partition coefficient (Wildman–Crippen LogP) is 1.20. The Morgan fingerprint density at radius 3 is 2.55 bits per heavy atom. The Hall–Kier alpha value is -2.18. The van der Waals surface area contributed by atoms with Crippen LogP contribution < -0.4 is 5.73 Å². The number of rotatable bonds is 5. The number of primary amides is 1. The van der Waals surface area contributed by atoms with Gasteiger partial charge in [-0.3, -0.25) is 4.79 Å². The van der Waals surface area contributed by atoms with Crippen LogP contribution in [0.1, 0.15) is 16.1 Å². The summed E-state index contributed by atoms with van der Waals surface area (Å²) in [4.78, 5) is 15.2. The zero-order valence-electron chi connectivity index (χ0n) is 11.3. The van der Waals surface area contributed by atoms with Crippen LogP contribution in [0.2, 0.25) is 0 Å². The molecule has 0 radical (unpaired) electrons. The SMILES string of the molecule is COC(Cc1ccc2ccc(C(N)=O)nc2c1O)OC. The molecule has 1 amide bonds. The van der Waals surface area contributed by atoms with Crippen LogP contribution in [-0.2, 0) is 15.9 Å². The van der Waals surface area contributed by atoms with Crippen molar-refractivity contribution in [3.8, 4) is 5.75 Å². The molecule has 0 unspecified atom stereocenters. The molecular formula is C14H16N2O4. The van der Waals surface area contributed by atoms with Gasteiger partial charge in [0.25, 0.3) is 5.91 Å². The smallest absolute Gasteiger partial charge is 0.267 e. The second-order valence-corrected chi connectivity index (χ2v) is 4.31. The normalized spacial score (nSPS) is 11.2. The fourth-order valence-electron chi connectivity index (χ4n) is 1.96. The number of hydrogen-bond donors (Lipinski definition) is 2. The number of phenolic OH excluding ortho intramolecular Hbond substituents is 1. The van der Waals surface area contributed by atoms with Crippen LogP contribution in [0.25, 0.3) is 10.9 Å². The number of amides is 1. The first-order chi connectivity index (χ1) is 9.56. The molecule has 6 nitrogen and oxygen atoms in total. The quantitative estimate of drug-likeness (QED) is 0.800. The number of fused-ring (bicyclic) bond motifs is 1. The van der Waals surface area contributed by atoms with Crippen molar-refractivity contribution in [3.05, 3.63) is 35.5 Å². The molecule has 0 fully saturated rings. The molecule has 1 heterocycles. The average molecular weight is 276 g/mol. The molecule has 0 atom stereocenters. The topological polar surface area (TPSA) is 94.7 Å². The zero-order chi connectivity index (χ0) is 14.7. The van der Waals surface area contributed by atoms with Gasteiger partial charge in [0.05, 0.1) is 0 Å². The van der Waals surface area contributed by atoms with Crippen molar-refractivity contribution in [1.29, 1.82) is 0 Å². The lowest BCUT2D eigenvalue weighted by Gasteiger charge is -2.15. The van der Waals surface area contributed by atoms with E-state index in [0.717, 1.165) is 5.39 Å². The molecular weight excluding hydrogens is 260 g/mol. The van der Waals surface area contributed by atoms with Crippen molar-refractivity contribution in [2.75, 3.05) is 14.2 Å². The highest BCUT2D eigenvalue weighted by atomic mass is 16.7. The molecule has 1 aromatic heterocycles. The highest BCUT2D eigenvalue weighted by Crippen LogP contribution is 2.28. The predicted molar refractivity (Wildman–Crippen MR) is 73.4 cm³/mol. The fourth-order valence-corrected chi connectivity index (χ4v) is 1.96. The number of nitrogens with two attached hydrogens (primary N) is 1. The minimum Gasteiger partial charge on any atom is -0.505 e. The first kappa shape index (κ1) is 14.2. The third-order valence-electron chi connectivity index (χ3n) is 3.08. The largest absolute Gasteiger partial charge is 0.505 e. The van der Waals surface area contributed by atoms with Crippen molar-refractivity contribution < 1.29 is 19.4 Å². The zero-order valence-corrected chi connectivity index (χ0v) is 11.3. The minimum absolute atomic E-state index is 0.00435. The summed E-state index contributed by atoms with van der Waals surface area (Å²) in [7, 11) is 3.05. The lowest BCUT2D eigenvalue weighted by Crippen LogP contribution is -2.16. The Morgan fingerprint density at radius 1 is 1.30 bits per heavy atom. The summed E-state index contributed by atoms with van der Waals surface area (Å²) in [5.74, 6) is -0.631. The van der Waals surface area contributed by atoms with Gasteiger partial charge in [-0.15, -0.1) is 0 Å². The highest BCUT2D eigenvalue weighted by molar-refractivity contribution is 5.95. The Balaban J connectivity index is 2.48. The number of ether oxygens (including phenoxy) is 2. The van der Waals surface area contributed by atoms with E-state index in [-0.39, 0.29) is 11.4 Å². The van der Waals surface area contributed by atoms with Crippen LogP contribution in [0.3, 0.4) is 0 Å². The Kier molecular flexibility index (Phi) is 4.16. The lowest BCUT2D eigenvalue weighted by atomic mass is 10.1. The van der Waals surface area contributed by atoms with E-state index in [1.165, 1.54) is 20.3 Å². The van der Waals surface area contributed by atoms with Gasteiger partial charge < -0.3 is 20.3 Å². The molecule has 3 N–H and O–H groups in total. The van der Waals surface area contributed by atoms with Crippen molar-refractivity contribution in [1.82, 2.24) is 4.98 Å². The summed E-state index contributed by atoms with van der Waals surface area (Å²) in [5.41, 5.74) is 6.27. The third kappa shape index (κ3) is 2.71. The number of aromatic nitrogens is 1. The molecule has 2 rings (SSSR count). The molecule has 20 heavy (non-hydrogen) atoms. The summed E-state index contributed by atoms with van der Waals surface area (Å²) in [6.07, 6.45) is -0.0882. The molecule has 0 aliphatic heterocycles. The molecule has 0 spiro atoms. The van der Waals surface area contributed by atoms with Crippen molar-refractivity contribution in [2.45, 2.75) is 12.7 Å². The van der Waals surface area contributed by atoms with E-state index < -0.39 is 12.2 Å². The molecule has 0 saturated carbocycles. The lowest BCUT2D eigenvalue weighted by molar-refractivity contribution is -0.100. The summed E-state index contributed by atoms with van der Waals surface area (Å²) in [5, 5.41) is 11.0. The average Bonchev–Trinajstić information content (AvgIpc) is 2.46. The van der Waals surface area contributed by atoms with Crippen LogP contribution in [0.15, 0.2) is 24.3 Å². The van der Waals surface area contributed by atoms with Gasteiger partial charge in [-0.05, 0) is 6.07 Å². The molecule has 2 aromatic rings. The van der Waals surface area contributed by atoms with Gasteiger partial charge in [-0.25, -0.2) is 4.98 Å². The minimum atomic E-state index is -0.636. The van der Waals surface area contributed by atoms with E-state index in [4.69, 9.17) is 15.2 Å². The molecule has 0 aliphatic carbocycles. The summed E-state index contributed by atoms with van der Waals surface area (Å²) in [6, 6.07) is 6.80. The number of phenols is 1. The number of nitrogens with zero attached hydrogens (tertiary/aromatic N) is 1. The van der Waals surface area contributed by atoms with Crippen molar-refractivity contribution in [3.63, 3.8) is 0 Å². The van der Waals surface area contributed by atoms with E-state index in [2.05, 4.69) is 4.98 Å². The number of carbonyl (C=O) groups excluding carboxylic acids is 1. The number of aromatic hydroxyl groups is 1. The Morgan fingerprint density at radius 2 is 1.95 bits per heavy atom. The summed E-state index contributed by atoms with van der Waals surface area (Å²) < 4.78 is 10.2. The van der Waals surface area contributed by atoms with Gasteiger partial charge in [-0.2, -0.15) is 0 Å². The molecule has 0 saturated heterocycles. The van der Waals surface area contributed by atoms with Crippen molar-refractivity contribution in [2.24, 2.45) is 5.73 Å². The van der Waals surface area contributed by atoms with Gasteiger partial charge in [0, 0.05) is 31.6 Å². The Bertz CT molecular complexity index is 638. The first-order valence-electron chi connectivity index (χ1n) is 6.03. The summed E-state index contributed by atoms with van der Waals surface area (Å²) in [6.45, 7) is 0. The maximum absolute atomic E-state index is 11.1. The number of methoxy groups -OCH3 is 2. The molecule has 0 bridgehead atoms. The van der Waals surface area contributed by atoms with E-state index >= 15 is 0 Å². The number of pyridine rings is 1. The molecule has 106 valence electrons. The van der Waals surface area contributed by atoms with Gasteiger partial charge in [0.2, 0.25) is 0 Å². The third-order valence-corrected chi connectivity index (χ3v) is 3.08. The molecule has 1 aromatic carbocycles.